The molecule has 156 valence electrons. The van der Waals surface area contributed by atoms with E-state index in [2.05, 4.69) is 5.32 Å². The number of carbonyl (C=O) groups excluding carboxylic acids is 1. The average molecular weight is 409 g/mol. The lowest BCUT2D eigenvalue weighted by Gasteiger charge is -2.43. The molecule has 3 rings (SSSR count). The van der Waals surface area contributed by atoms with Gasteiger partial charge in [0.25, 0.3) is 0 Å². The van der Waals surface area contributed by atoms with Crippen LogP contribution >= 0.6 is 0 Å². The molecule has 1 aliphatic rings. The second-order valence-corrected chi connectivity index (χ2v) is 8.07. The summed E-state index contributed by atoms with van der Waals surface area (Å²) in [6, 6.07) is 6.94. The average Bonchev–Trinajstić information content (AvgIpc) is 2.64. The molecule has 2 aromatic carbocycles. The molecule has 1 aliphatic heterocycles. The van der Waals surface area contributed by atoms with E-state index in [4.69, 9.17) is 4.74 Å². The summed E-state index contributed by atoms with van der Waals surface area (Å²) in [5.74, 6) is -4.25. The maximum Gasteiger partial charge on any atom is 0.222 e. The van der Waals surface area contributed by atoms with Crippen molar-refractivity contribution in [3.8, 4) is 0 Å². The molecule has 0 aliphatic carbocycles. The summed E-state index contributed by atoms with van der Waals surface area (Å²) in [5, 5.41) is 2.97. The van der Waals surface area contributed by atoms with Gasteiger partial charge in [0, 0.05) is 35.9 Å². The second-order valence-electron chi connectivity index (χ2n) is 8.07. The third-order valence-corrected chi connectivity index (χ3v) is 5.18. The highest BCUT2D eigenvalue weighted by Gasteiger charge is 2.41. The first-order chi connectivity index (χ1) is 13.6. The number of rotatable bonds is 4. The minimum Gasteiger partial charge on any atom is -0.365 e. The van der Waals surface area contributed by atoms with Crippen molar-refractivity contribution < 1.29 is 27.1 Å². The van der Waals surface area contributed by atoms with Crippen molar-refractivity contribution in [3.05, 3.63) is 70.8 Å². The van der Waals surface area contributed by atoms with Crippen LogP contribution in [0.3, 0.4) is 0 Å². The Balaban J connectivity index is 1.98. The Kier molecular flexibility index (Phi) is 5.98. The number of amides is 1. The zero-order chi connectivity index (χ0) is 21.3. The van der Waals surface area contributed by atoms with Crippen molar-refractivity contribution >= 4 is 5.91 Å². The lowest BCUT2D eigenvalue weighted by molar-refractivity contribution is -0.131. The lowest BCUT2D eigenvalue weighted by Crippen LogP contribution is -2.52. The summed E-state index contributed by atoms with van der Waals surface area (Å²) >= 11 is 0. The molecule has 1 amide bonds. The van der Waals surface area contributed by atoms with E-state index in [0.29, 0.717) is 18.1 Å². The van der Waals surface area contributed by atoms with Crippen LogP contribution in [0.2, 0.25) is 0 Å². The van der Waals surface area contributed by atoms with Crippen LogP contribution in [0.5, 0.6) is 0 Å². The van der Waals surface area contributed by atoms with Crippen molar-refractivity contribution in [3.63, 3.8) is 0 Å². The Morgan fingerprint density at radius 3 is 2.21 bits per heavy atom. The molecule has 0 aromatic heterocycles. The fraction of sp³-hybridized carbons (Fsp3) is 0.409. The number of ether oxygens (including phenoxy) is 1. The first-order valence-electron chi connectivity index (χ1n) is 9.45. The zero-order valence-corrected chi connectivity index (χ0v) is 16.4. The van der Waals surface area contributed by atoms with Gasteiger partial charge >= 0.3 is 0 Å². The first-order valence-corrected chi connectivity index (χ1v) is 9.45. The number of hydrogen-bond donors (Lipinski definition) is 1. The van der Waals surface area contributed by atoms with Crippen molar-refractivity contribution in [1.29, 1.82) is 0 Å². The van der Waals surface area contributed by atoms with Gasteiger partial charge in [-0.2, -0.15) is 0 Å². The molecule has 3 nitrogen and oxygen atoms in total. The van der Waals surface area contributed by atoms with E-state index in [1.54, 1.807) is 32.9 Å². The SMILES string of the molecule is CC(C)C(=O)N[C@@]1(C)C[C@@H](c2ccc(F)cc2)O[C@@H](c2cc(F)c(F)cc2F)C1. The molecule has 1 heterocycles. The quantitative estimate of drug-likeness (QED) is 0.545. The summed E-state index contributed by atoms with van der Waals surface area (Å²) in [5.41, 5.74) is -0.273. The van der Waals surface area contributed by atoms with Crippen LogP contribution in [0.25, 0.3) is 0 Å². The minimum atomic E-state index is -1.28. The monoisotopic (exact) mass is 409 g/mol. The van der Waals surface area contributed by atoms with E-state index in [1.807, 2.05) is 0 Å². The van der Waals surface area contributed by atoms with Crippen molar-refractivity contribution in [2.24, 2.45) is 5.92 Å². The van der Waals surface area contributed by atoms with Crippen LogP contribution in [0.15, 0.2) is 36.4 Å². The van der Waals surface area contributed by atoms with Gasteiger partial charge in [-0.05, 0) is 30.7 Å². The Labute approximate surface area is 167 Å². The van der Waals surface area contributed by atoms with Gasteiger partial charge in [0.05, 0.1) is 12.2 Å². The number of hydrogen-bond acceptors (Lipinski definition) is 2. The summed E-state index contributed by atoms with van der Waals surface area (Å²) in [7, 11) is 0. The highest BCUT2D eigenvalue weighted by molar-refractivity contribution is 5.78. The predicted molar refractivity (Wildman–Crippen MR) is 99.9 cm³/mol. The topological polar surface area (TPSA) is 38.3 Å². The van der Waals surface area contributed by atoms with E-state index < -0.39 is 41.0 Å². The number of benzene rings is 2. The minimum absolute atomic E-state index is 0.124. The van der Waals surface area contributed by atoms with E-state index in [1.165, 1.54) is 12.1 Å². The molecule has 0 bridgehead atoms. The maximum atomic E-state index is 14.4. The van der Waals surface area contributed by atoms with Gasteiger partial charge in [-0.15, -0.1) is 0 Å². The van der Waals surface area contributed by atoms with Crippen LogP contribution in [-0.4, -0.2) is 11.4 Å². The van der Waals surface area contributed by atoms with Crippen LogP contribution in [0.1, 0.15) is 56.9 Å². The molecule has 2 aromatic rings. The summed E-state index contributed by atoms with van der Waals surface area (Å²) in [6.07, 6.45) is -0.991. The van der Waals surface area contributed by atoms with Crippen LogP contribution in [0.4, 0.5) is 17.6 Å². The van der Waals surface area contributed by atoms with Crippen LogP contribution in [0, 0.1) is 29.2 Å². The van der Waals surface area contributed by atoms with Crippen LogP contribution < -0.4 is 5.32 Å². The van der Waals surface area contributed by atoms with Gasteiger partial charge in [0.15, 0.2) is 11.6 Å². The summed E-state index contributed by atoms with van der Waals surface area (Å²) in [4.78, 5) is 12.3. The Bertz CT molecular complexity index is 900. The fourth-order valence-electron chi connectivity index (χ4n) is 3.58. The second kappa shape index (κ2) is 8.14. The van der Waals surface area contributed by atoms with Gasteiger partial charge in [-0.3, -0.25) is 4.79 Å². The molecular formula is C22H23F4NO2. The first kappa shape index (κ1) is 21.3. The summed E-state index contributed by atoms with van der Waals surface area (Å²) < 4.78 is 60.9. The smallest absolute Gasteiger partial charge is 0.222 e. The molecule has 3 atom stereocenters. The molecular weight excluding hydrogens is 386 g/mol. The molecule has 29 heavy (non-hydrogen) atoms. The molecule has 1 N–H and O–H groups in total. The maximum absolute atomic E-state index is 14.4. The Morgan fingerprint density at radius 1 is 1.00 bits per heavy atom. The lowest BCUT2D eigenvalue weighted by atomic mass is 9.81. The zero-order valence-electron chi connectivity index (χ0n) is 16.4. The summed E-state index contributed by atoms with van der Waals surface area (Å²) in [6.45, 7) is 5.31. The van der Waals surface area contributed by atoms with Gasteiger partial charge in [0.1, 0.15) is 11.6 Å². The highest BCUT2D eigenvalue weighted by Crippen LogP contribution is 2.44. The standard InChI is InChI=1S/C22H23F4NO2/c1-12(2)21(28)27-22(3)10-19(13-4-6-14(23)7-5-13)29-20(11-22)15-8-17(25)18(26)9-16(15)24/h4-9,12,19-20H,10-11H2,1-3H3,(H,27,28)/t19-,20+,22-/m0/s1. The largest absolute Gasteiger partial charge is 0.365 e. The van der Waals surface area contributed by atoms with Gasteiger partial charge < -0.3 is 10.1 Å². The highest BCUT2D eigenvalue weighted by atomic mass is 19.2. The Hall–Kier alpha value is -2.41. The van der Waals surface area contributed by atoms with E-state index in [9.17, 15) is 22.4 Å². The van der Waals surface area contributed by atoms with Gasteiger partial charge in [0.2, 0.25) is 5.91 Å². The Morgan fingerprint density at radius 2 is 1.59 bits per heavy atom. The number of halogens is 4. The number of carbonyl (C=O) groups is 1. The van der Waals surface area contributed by atoms with Crippen LogP contribution in [-0.2, 0) is 9.53 Å². The molecule has 0 unspecified atom stereocenters. The molecule has 0 saturated carbocycles. The molecule has 0 spiro atoms. The van der Waals surface area contributed by atoms with Gasteiger partial charge in [-0.25, -0.2) is 17.6 Å². The third-order valence-electron chi connectivity index (χ3n) is 5.18. The predicted octanol–water partition coefficient (Wildman–Crippen LogP) is 5.37. The third kappa shape index (κ3) is 4.78. The van der Waals surface area contributed by atoms with E-state index in [-0.39, 0.29) is 23.8 Å². The van der Waals surface area contributed by atoms with E-state index >= 15 is 0 Å². The fourth-order valence-corrected chi connectivity index (χ4v) is 3.58. The molecule has 0 radical (unpaired) electrons. The van der Waals surface area contributed by atoms with E-state index in [0.717, 1.165) is 6.07 Å². The van der Waals surface area contributed by atoms with Gasteiger partial charge in [-0.1, -0.05) is 26.0 Å². The molecule has 1 saturated heterocycles. The van der Waals surface area contributed by atoms with Crippen molar-refractivity contribution in [2.45, 2.75) is 51.4 Å². The normalized spacial score (nSPS) is 24.6. The van der Waals surface area contributed by atoms with Crippen molar-refractivity contribution in [2.75, 3.05) is 0 Å². The molecule has 1 fully saturated rings. The van der Waals surface area contributed by atoms with Crippen molar-refractivity contribution in [1.82, 2.24) is 5.32 Å². The number of nitrogens with one attached hydrogen (secondary N) is 1. The molecule has 7 heteroatoms.